The summed E-state index contributed by atoms with van der Waals surface area (Å²) in [6.45, 7) is 9.64. The summed E-state index contributed by atoms with van der Waals surface area (Å²) in [6.07, 6.45) is 1.48. The minimum atomic E-state index is -0.794. The number of hydrogen-bond acceptors (Lipinski definition) is 8. The number of allylic oxidation sites excluding steroid dienone is 2. The molecule has 0 aliphatic carbocycles. The van der Waals surface area contributed by atoms with Gasteiger partial charge in [0.1, 0.15) is 5.76 Å². The monoisotopic (exact) mass is 584 g/mol. The highest BCUT2D eigenvalue weighted by atomic mass is 32.2. The number of nitrogens with zero attached hydrogens (tertiary/aromatic N) is 1. The molecule has 0 spiro atoms. The minimum absolute atomic E-state index is 0.0484. The minimum Gasteiger partial charge on any atom is -0.468 e. The second-order valence-electron chi connectivity index (χ2n) is 9.83. The Labute approximate surface area is 249 Å². The Morgan fingerprint density at radius 1 is 1.05 bits per heavy atom. The topological polar surface area (TPSA) is 133 Å². The number of rotatable bonds is 9. The molecule has 0 bridgehead atoms. The van der Waals surface area contributed by atoms with Gasteiger partial charge in [-0.25, -0.2) is 4.79 Å². The molecule has 9 nitrogen and oxygen atoms in total. The van der Waals surface area contributed by atoms with Crippen LogP contribution >= 0.6 is 11.8 Å². The second kappa shape index (κ2) is 13.3. The molecular formula is C32H32N4O5S. The molecule has 3 aromatic rings. The van der Waals surface area contributed by atoms with E-state index >= 15 is 0 Å². The molecule has 1 aliphatic rings. The van der Waals surface area contributed by atoms with E-state index in [1.54, 1.807) is 50.2 Å². The lowest BCUT2D eigenvalue weighted by Gasteiger charge is -2.28. The van der Waals surface area contributed by atoms with Gasteiger partial charge in [-0.15, -0.1) is 0 Å². The molecule has 4 rings (SSSR count). The number of ether oxygens (including phenoxy) is 1. The number of carbonyl (C=O) groups is 3. The fourth-order valence-electron chi connectivity index (χ4n) is 4.86. The second-order valence-corrected chi connectivity index (χ2v) is 10.8. The lowest BCUT2D eigenvalue weighted by atomic mass is 9.85. The number of nitrogens with one attached hydrogen (secondary N) is 3. The molecule has 42 heavy (non-hydrogen) atoms. The number of nitriles is 1. The number of thioether (sulfide) groups is 1. The van der Waals surface area contributed by atoms with Gasteiger partial charge in [-0.05, 0) is 82.1 Å². The van der Waals surface area contributed by atoms with Crippen molar-refractivity contribution in [1.82, 2.24) is 5.32 Å². The lowest BCUT2D eigenvalue weighted by molar-refractivity contribution is -0.114. The van der Waals surface area contributed by atoms with Crippen molar-refractivity contribution in [3.05, 3.63) is 105 Å². The molecule has 0 saturated carbocycles. The van der Waals surface area contributed by atoms with E-state index in [0.29, 0.717) is 33.3 Å². The summed E-state index contributed by atoms with van der Waals surface area (Å²) in [5, 5.41) is 19.7. The van der Waals surface area contributed by atoms with Crippen LogP contribution in [0.3, 0.4) is 0 Å². The predicted molar refractivity (Wildman–Crippen MR) is 163 cm³/mol. The maximum Gasteiger partial charge on any atom is 0.338 e. The van der Waals surface area contributed by atoms with E-state index in [1.807, 2.05) is 32.9 Å². The highest BCUT2D eigenvalue weighted by Gasteiger charge is 2.36. The summed E-state index contributed by atoms with van der Waals surface area (Å²) in [5.41, 5.74) is 5.75. The van der Waals surface area contributed by atoms with Crippen LogP contribution in [-0.4, -0.2) is 30.1 Å². The first-order valence-corrected chi connectivity index (χ1v) is 14.4. The van der Waals surface area contributed by atoms with Gasteiger partial charge >= 0.3 is 5.97 Å². The van der Waals surface area contributed by atoms with Gasteiger partial charge in [0.25, 0.3) is 5.91 Å². The third-order valence-corrected chi connectivity index (χ3v) is 7.68. The summed E-state index contributed by atoms with van der Waals surface area (Å²) in [4.78, 5) is 38.5. The molecule has 1 aromatic heterocycles. The molecule has 0 radical (unpaired) electrons. The number of benzene rings is 2. The molecule has 0 saturated heterocycles. The maximum atomic E-state index is 13.6. The highest BCUT2D eigenvalue weighted by Crippen LogP contribution is 2.41. The van der Waals surface area contributed by atoms with Crippen molar-refractivity contribution in [2.24, 2.45) is 0 Å². The molecule has 0 fully saturated rings. The average molecular weight is 585 g/mol. The van der Waals surface area contributed by atoms with E-state index in [4.69, 9.17) is 9.15 Å². The smallest absolute Gasteiger partial charge is 0.338 e. The molecular weight excluding hydrogens is 552 g/mol. The number of esters is 1. The Balaban J connectivity index is 1.55. The Morgan fingerprint density at radius 3 is 2.33 bits per heavy atom. The van der Waals surface area contributed by atoms with E-state index in [-0.39, 0.29) is 23.8 Å². The highest BCUT2D eigenvalue weighted by molar-refractivity contribution is 8.03. The van der Waals surface area contributed by atoms with Crippen LogP contribution in [0, 0.1) is 32.1 Å². The normalized spacial score (nSPS) is 14.6. The Morgan fingerprint density at radius 2 is 1.74 bits per heavy atom. The van der Waals surface area contributed by atoms with Crippen molar-refractivity contribution in [3.63, 3.8) is 0 Å². The first-order valence-electron chi connectivity index (χ1n) is 13.4. The van der Waals surface area contributed by atoms with E-state index in [1.165, 1.54) is 18.0 Å². The number of aryl methyl sites for hydroxylation is 3. The van der Waals surface area contributed by atoms with Gasteiger partial charge < -0.3 is 25.1 Å². The number of amides is 2. The van der Waals surface area contributed by atoms with Gasteiger partial charge in [0.15, 0.2) is 0 Å². The number of dihydropyridines is 1. The molecule has 2 heterocycles. The van der Waals surface area contributed by atoms with Crippen molar-refractivity contribution in [2.75, 3.05) is 23.0 Å². The summed E-state index contributed by atoms with van der Waals surface area (Å²) in [7, 11) is 0. The standard InChI is InChI=1S/C32H32N4O5S/c1-6-40-32(39)22-9-11-23(12-10-22)35-30(38)27-21(5)34-31(24(16-33)28(27)25-8-7-13-41-25)42-17-26(37)36-29-19(3)14-18(2)15-20(29)4/h7-15,28,34H,6,17H2,1-5H3,(H,35,38)(H,36,37). The fraction of sp³-hybridized carbons (Fsp3) is 0.250. The van der Waals surface area contributed by atoms with Crippen LogP contribution in [0.5, 0.6) is 0 Å². The summed E-state index contributed by atoms with van der Waals surface area (Å²) in [6, 6.07) is 16.0. The fourth-order valence-corrected chi connectivity index (χ4v) is 5.75. The van der Waals surface area contributed by atoms with Crippen LogP contribution in [0.4, 0.5) is 11.4 Å². The Hall–Kier alpha value is -4.75. The quantitative estimate of drug-likeness (QED) is 0.257. The SMILES string of the molecule is CCOC(=O)c1ccc(NC(=O)C2=C(C)NC(SCC(=O)Nc3c(C)cc(C)cc3C)=C(C#N)C2c2ccco2)cc1. The number of hydrogen-bond donors (Lipinski definition) is 3. The Kier molecular flexibility index (Phi) is 9.55. The van der Waals surface area contributed by atoms with E-state index in [9.17, 15) is 19.6 Å². The zero-order valence-corrected chi connectivity index (χ0v) is 24.9. The zero-order valence-electron chi connectivity index (χ0n) is 24.1. The molecule has 1 aliphatic heterocycles. The van der Waals surface area contributed by atoms with Crippen LogP contribution < -0.4 is 16.0 Å². The van der Waals surface area contributed by atoms with Gasteiger partial charge in [0, 0.05) is 17.1 Å². The largest absolute Gasteiger partial charge is 0.468 e. The first-order chi connectivity index (χ1) is 20.1. The molecule has 2 amide bonds. The van der Waals surface area contributed by atoms with Crippen molar-refractivity contribution in [1.29, 1.82) is 5.26 Å². The van der Waals surface area contributed by atoms with Crippen molar-refractivity contribution >= 4 is 40.9 Å². The molecule has 216 valence electrons. The average Bonchev–Trinajstić information content (AvgIpc) is 3.48. The molecule has 10 heteroatoms. The van der Waals surface area contributed by atoms with E-state index in [2.05, 4.69) is 22.0 Å². The van der Waals surface area contributed by atoms with Crippen LogP contribution in [0.2, 0.25) is 0 Å². The summed E-state index contributed by atoms with van der Waals surface area (Å²) >= 11 is 1.19. The van der Waals surface area contributed by atoms with Crippen molar-refractivity contribution < 1.29 is 23.5 Å². The van der Waals surface area contributed by atoms with Crippen LogP contribution in [0.15, 0.2) is 81.1 Å². The van der Waals surface area contributed by atoms with Crippen LogP contribution in [0.1, 0.15) is 52.6 Å². The van der Waals surface area contributed by atoms with Gasteiger partial charge in [-0.2, -0.15) is 5.26 Å². The van der Waals surface area contributed by atoms with Crippen LogP contribution in [-0.2, 0) is 14.3 Å². The summed E-state index contributed by atoms with van der Waals surface area (Å²) < 4.78 is 10.7. The number of carbonyl (C=O) groups excluding carboxylic acids is 3. The Bertz CT molecular complexity index is 1590. The van der Waals surface area contributed by atoms with Crippen molar-refractivity contribution in [2.45, 2.75) is 40.5 Å². The molecule has 1 atom stereocenters. The van der Waals surface area contributed by atoms with Gasteiger partial charge in [-0.1, -0.05) is 29.5 Å². The molecule has 2 aromatic carbocycles. The van der Waals surface area contributed by atoms with Crippen LogP contribution in [0.25, 0.3) is 0 Å². The van der Waals surface area contributed by atoms with E-state index in [0.717, 1.165) is 22.4 Å². The van der Waals surface area contributed by atoms with Gasteiger partial charge in [-0.3, -0.25) is 9.59 Å². The van der Waals surface area contributed by atoms with Crippen molar-refractivity contribution in [3.8, 4) is 6.07 Å². The molecule has 1 unspecified atom stereocenters. The first kappa shape index (κ1) is 30.2. The predicted octanol–water partition coefficient (Wildman–Crippen LogP) is 6.09. The lowest BCUT2D eigenvalue weighted by Crippen LogP contribution is -2.31. The zero-order chi connectivity index (χ0) is 30.4. The third-order valence-electron chi connectivity index (χ3n) is 6.66. The molecule has 3 N–H and O–H groups in total. The maximum absolute atomic E-state index is 13.6. The van der Waals surface area contributed by atoms with Gasteiger partial charge in [0.2, 0.25) is 5.91 Å². The summed E-state index contributed by atoms with van der Waals surface area (Å²) in [5.74, 6) is -1.43. The van der Waals surface area contributed by atoms with E-state index < -0.39 is 17.8 Å². The number of furan rings is 1. The van der Waals surface area contributed by atoms with Gasteiger partial charge in [0.05, 0.1) is 52.3 Å². The number of anilines is 2. The third kappa shape index (κ3) is 6.75.